The Bertz CT molecular complexity index is 3020. The summed E-state index contributed by atoms with van der Waals surface area (Å²) < 4.78 is 0. The topological polar surface area (TPSA) is 3.24 Å². The van der Waals surface area contributed by atoms with Crippen molar-refractivity contribution in [3.05, 3.63) is 246 Å². The van der Waals surface area contributed by atoms with E-state index in [1.165, 1.54) is 115 Å². The number of fused-ring (bicyclic) bond motifs is 11. The predicted molar refractivity (Wildman–Crippen MR) is 250 cm³/mol. The Hall–Kier alpha value is -7.22. The van der Waals surface area contributed by atoms with Gasteiger partial charge in [-0.15, -0.1) is 0 Å². The van der Waals surface area contributed by atoms with Crippen LogP contribution >= 0.6 is 0 Å². The monoisotopic (exact) mass is 765 g/mol. The van der Waals surface area contributed by atoms with Crippen LogP contribution in [0.4, 0.5) is 17.1 Å². The smallest absolute Gasteiger partial charge is 0.0726 e. The summed E-state index contributed by atoms with van der Waals surface area (Å²) in [6.07, 6.45) is 4.96. The second kappa shape index (κ2) is 14.0. The van der Waals surface area contributed by atoms with Gasteiger partial charge in [-0.2, -0.15) is 0 Å². The van der Waals surface area contributed by atoms with E-state index < -0.39 is 5.41 Å². The van der Waals surface area contributed by atoms with Crippen molar-refractivity contribution in [2.75, 3.05) is 4.90 Å². The third kappa shape index (κ3) is 5.32. The normalized spacial score (nSPS) is 13.9. The second-order valence-corrected chi connectivity index (χ2v) is 16.7. The Morgan fingerprint density at radius 1 is 0.300 bits per heavy atom. The second-order valence-electron chi connectivity index (χ2n) is 16.7. The van der Waals surface area contributed by atoms with Gasteiger partial charge in [0.1, 0.15) is 0 Å². The molecule has 0 atom stereocenters. The molecule has 1 nitrogen and oxygen atoms in total. The van der Waals surface area contributed by atoms with Crippen LogP contribution < -0.4 is 4.90 Å². The van der Waals surface area contributed by atoms with Gasteiger partial charge in [0.25, 0.3) is 0 Å². The molecule has 1 heteroatoms. The number of rotatable bonds is 6. The van der Waals surface area contributed by atoms with E-state index in [1.807, 2.05) is 0 Å². The molecule has 284 valence electrons. The zero-order valence-electron chi connectivity index (χ0n) is 33.5. The van der Waals surface area contributed by atoms with Crippen LogP contribution in [0.2, 0.25) is 0 Å². The molecule has 0 aromatic heterocycles. The summed E-state index contributed by atoms with van der Waals surface area (Å²) in [5.41, 5.74) is 23.9. The Balaban J connectivity index is 1.11. The Kier molecular flexibility index (Phi) is 8.10. The predicted octanol–water partition coefficient (Wildman–Crippen LogP) is 15.4. The highest BCUT2D eigenvalue weighted by atomic mass is 15.1. The van der Waals surface area contributed by atoms with Crippen molar-refractivity contribution in [2.45, 2.75) is 31.1 Å². The number of benzene rings is 9. The summed E-state index contributed by atoms with van der Waals surface area (Å²) in [7, 11) is 0. The largest absolute Gasteiger partial charge is 0.310 e. The molecule has 60 heavy (non-hydrogen) atoms. The SMILES string of the molecule is c1ccc(-c2ccc(N(c3ccccc3)c3cc4c(cc3-c3ccc(-c5ccc6c(c5)CCCC6)cc3)-c3ccccc3C43c4ccccc4-c4ccccc43)cc2)cc1. The lowest BCUT2D eigenvalue weighted by molar-refractivity contribution is 0.686. The molecule has 0 amide bonds. The number of aryl methyl sites for hydroxylation is 2. The van der Waals surface area contributed by atoms with Gasteiger partial charge >= 0.3 is 0 Å². The molecule has 0 N–H and O–H groups in total. The average molecular weight is 766 g/mol. The van der Waals surface area contributed by atoms with Crippen LogP contribution in [0, 0.1) is 0 Å². The number of para-hydroxylation sites is 1. The Morgan fingerprint density at radius 2 is 0.767 bits per heavy atom. The van der Waals surface area contributed by atoms with E-state index in [0.29, 0.717) is 0 Å². The van der Waals surface area contributed by atoms with Gasteiger partial charge in [-0.05, 0) is 146 Å². The highest BCUT2D eigenvalue weighted by Crippen LogP contribution is 2.64. The molecule has 0 heterocycles. The Morgan fingerprint density at radius 3 is 1.42 bits per heavy atom. The van der Waals surface area contributed by atoms with E-state index in [2.05, 4.69) is 217 Å². The van der Waals surface area contributed by atoms with Gasteiger partial charge in [0.15, 0.2) is 0 Å². The molecular weight excluding hydrogens is 723 g/mol. The summed E-state index contributed by atoms with van der Waals surface area (Å²) in [4.78, 5) is 2.48. The average Bonchev–Trinajstić information content (AvgIpc) is 3.79. The van der Waals surface area contributed by atoms with Crippen molar-refractivity contribution in [2.24, 2.45) is 0 Å². The maximum atomic E-state index is 2.54. The summed E-state index contributed by atoms with van der Waals surface area (Å²) in [5, 5.41) is 0. The van der Waals surface area contributed by atoms with Crippen LogP contribution in [-0.2, 0) is 18.3 Å². The number of hydrogen-bond donors (Lipinski definition) is 0. The van der Waals surface area contributed by atoms with Crippen LogP contribution in [-0.4, -0.2) is 0 Å². The fourth-order valence-corrected chi connectivity index (χ4v) is 10.7. The maximum Gasteiger partial charge on any atom is 0.0726 e. The van der Waals surface area contributed by atoms with Gasteiger partial charge in [-0.3, -0.25) is 0 Å². The highest BCUT2D eigenvalue weighted by Gasteiger charge is 2.52. The third-order valence-electron chi connectivity index (χ3n) is 13.5. The number of anilines is 3. The van der Waals surface area contributed by atoms with Crippen molar-refractivity contribution in [1.29, 1.82) is 0 Å². The molecule has 0 aliphatic heterocycles. The van der Waals surface area contributed by atoms with E-state index in [-0.39, 0.29) is 0 Å². The standard InChI is InChI=1S/C59H43N/c1-3-15-40(16-4-1)42-33-35-48(36-34-42)60(47-19-5-2-6-20-47)58-39-57-53(38-52(58)44-30-27-43(28-31-44)46-32-29-41-17-7-8-18-45(41)37-46)51-23-11-14-26-56(51)59(57)54-24-12-9-21-49(54)50-22-10-13-25-55(50)59/h1-6,9-16,19-39H,7-8,17-18H2. The summed E-state index contributed by atoms with van der Waals surface area (Å²) in [5.74, 6) is 0. The van der Waals surface area contributed by atoms with Crippen LogP contribution in [0.25, 0.3) is 55.6 Å². The minimum Gasteiger partial charge on any atom is -0.310 e. The van der Waals surface area contributed by atoms with Crippen molar-refractivity contribution in [3.8, 4) is 55.6 Å². The molecule has 0 saturated heterocycles. The van der Waals surface area contributed by atoms with Gasteiger partial charge in [-0.1, -0.05) is 176 Å². The molecular formula is C59H43N. The highest BCUT2D eigenvalue weighted by molar-refractivity contribution is 6.00. The molecule has 9 aromatic rings. The molecule has 0 saturated carbocycles. The van der Waals surface area contributed by atoms with Crippen molar-refractivity contribution in [3.63, 3.8) is 0 Å². The van der Waals surface area contributed by atoms with E-state index in [9.17, 15) is 0 Å². The molecule has 1 spiro atoms. The minimum absolute atomic E-state index is 0.456. The van der Waals surface area contributed by atoms with Gasteiger partial charge < -0.3 is 4.90 Å². The quantitative estimate of drug-likeness (QED) is 0.163. The van der Waals surface area contributed by atoms with E-state index in [4.69, 9.17) is 0 Å². The Labute approximate surface area is 352 Å². The van der Waals surface area contributed by atoms with Crippen LogP contribution in [0.1, 0.15) is 46.2 Å². The van der Waals surface area contributed by atoms with Gasteiger partial charge in [0.2, 0.25) is 0 Å². The molecule has 3 aliphatic rings. The molecule has 0 bridgehead atoms. The van der Waals surface area contributed by atoms with Crippen molar-refractivity contribution < 1.29 is 0 Å². The first-order valence-electron chi connectivity index (χ1n) is 21.5. The fourth-order valence-electron chi connectivity index (χ4n) is 10.7. The van der Waals surface area contributed by atoms with Crippen molar-refractivity contribution >= 4 is 17.1 Å². The summed E-state index contributed by atoms with van der Waals surface area (Å²) in [6, 6.07) is 79.5. The van der Waals surface area contributed by atoms with Gasteiger partial charge in [-0.25, -0.2) is 0 Å². The third-order valence-corrected chi connectivity index (χ3v) is 13.5. The molecule has 0 radical (unpaired) electrons. The molecule has 12 rings (SSSR count). The molecule has 9 aromatic carbocycles. The number of hydrogen-bond acceptors (Lipinski definition) is 1. The number of nitrogens with zero attached hydrogens (tertiary/aromatic N) is 1. The molecule has 3 aliphatic carbocycles. The summed E-state index contributed by atoms with van der Waals surface area (Å²) >= 11 is 0. The van der Waals surface area contributed by atoms with Crippen LogP contribution in [0.5, 0.6) is 0 Å². The maximum absolute atomic E-state index is 2.54. The summed E-state index contributed by atoms with van der Waals surface area (Å²) in [6.45, 7) is 0. The van der Waals surface area contributed by atoms with Crippen molar-refractivity contribution in [1.82, 2.24) is 0 Å². The van der Waals surface area contributed by atoms with Gasteiger partial charge in [0.05, 0.1) is 11.1 Å². The lowest BCUT2D eigenvalue weighted by Gasteiger charge is -2.33. The zero-order chi connectivity index (χ0) is 39.6. The zero-order valence-corrected chi connectivity index (χ0v) is 33.5. The molecule has 0 fully saturated rings. The van der Waals surface area contributed by atoms with E-state index in [0.717, 1.165) is 17.1 Å². The first-order chi connectivity index (χ1) is 29.8. The molecule has 0 unspecified atom stereocenters. The lowest BCUT2D eigenvalue weighted by atomic mass is 9.70. The lowest BCUT2D eigenvalue weighted by Crippen LogP contribution is -2.26. The van der Waals surface area contributed by atoms with Crippen LogP contribution in [0.15, 0.2) is 212 Å². The first kappa shape index (κ1) is 34.8. The van der Waals surface area contributed by atoms with Crippen LogP contribution in [0.3, 0.4) is 0 Å². The fraction of sp³-hybridized carbons (Fsp3) is 0.0847. The first-order valence-corrected chi connectivity index (χ1v) is 21.5. The van der Waals surface area contributed by atoms with E-state index in [1.54, 1.807) is 0 Å². The minimum atomic E-state index is -0.456. The van der Waals surface area contributed by atoms with E-state index >= 15 is 0 Å². The van der Waals surface area contributed by atoms with Gasteiger partial charge in [0, 0.05) is 16.9 Å².